The van der Waals surface area contributed by atoms with Gasteiger partial charge in [-0.2, -0.15) is 0 Å². The van der Waals surface area contributed by atoms with Crippen molar-refractivity contribution in [2.75, 3.05) is 6.61 Å². The number of amides is 3. The van der Waals surface area contributed by atoms with Crippen LogP contribution in [0.2, 0.25) is 0 Å². The normalized spacial score (nSPS) is 14.8. The van der Waals surface area contributed by atoms with Gasteiger partial charge in [-0.15, -0.1) is 0 Å². The molecule has 0 unspecified atom stereocenters. The van der Waals surface area contributed by atoms with E-state index in [2.05, 4.69) is 10.6 Å². The molecular weight excluding hydrogens is 256 g/mol. The minimum Gasteiger partial charge on any atom is -0.484 e. The Morgan fingerprint density at radius 2 is 2.05 bits per heavy atom. The molecule has 108 valence electrons. The minimum atomic E-state index is -0.443. The van der Waals surface area contributed by atoms with Gasteiger partial charge in [0.15, 0.2) is 6.61 Å². The molecule has 0 radical (unpaired) electrons. The Morgan fingerprint density at radius 3 is 2.75 bits per heavy atom. The van der Waals surface area contributed by atoms with Crippen molar-refractivity contribution in [3.05, 3.63) is 29.8 Å². The largest absolute Gasteiger partial charge is 0.484 e. The van der Waals surface area contributed by atoms with Crippen LogP contribution in [0.4, 0.5) is 4.79 Å². The molecular formula is C15H20N2O3. The van der Waals surface area contributed by atoms with Crippen LogP contribution in [0.25, 0.3) is 0 Å². The molecule has 0 spiro atoms. The molecule has 1 aromatic carbocycles. The fraction of sp³-hybridized carbons (Fsp3) is 0.467. The summed E-state index contributed by atoms with van der Waals surface area (Å²) >= 11 is 0. The molecule has 1 saturated carbocycles. The highest BCUT2D eigenvalue weighted by molar-refractivity contribution is 5.95. The highest BCUT2D eigenvalue weighted by Gasteiger charge is 2.18. The number of nitrogens with one attached hydrogen (secondary N) is 2. The molecule has 2 rings (SSSR count). The Hall–Kier alpha value is -2.04. The van der Waals surface area contributed by atoms with Gasteiger partial charge in [-0.05, 0) is 37.5 Å². The topological polar surface area (TPSA) is 67.4 Å². The van der Waals surface area contributed by atoms with Gasteiger partial charge in [0.2, 0.25) is 0 Å². The van der Waals surface area contributed by atoms with Gasteiger partial charge in [0.05, 0.1) is 0 Å². The summed E-state index contributed by atoms with van der Waals surface area (Å²) in [5, 5.41) is 5.07. The molecule has 0 atom stereocenters. The van der Waals surface area contributed by atoms with Gasteiger partial charge in [0.25, 0.3) is 5.91 Å². The molecule has 5 heteroatoms. The van der Waals surface area contributed by atoms with Crippen molar-refractivity contribution in [3.8, 4) is 5.75 Å². The Balaban J connectivity index is 1.70. The molecule has 0 heterocycles. The maximum Gasteiger partial charge on any atom is 0.321 e. The molecule has 0 bridgehead atoms. The van der Waals surface area contributed by atoms with Gasteiger partial charge in [0.1, 0.15) is 5.75 Å². The number of carbonyl (C=O) groups excluding carboxylic acids is 2. The van der Waals surface area contributed by atoms with Crippen molar-refractivity contribution in [3.63, 3.8) is 0 Å². The van der Waals surface area contributed by atoms with Crippen LogP contribution >= 0.6 is 0 Å². The lowest BCUT2D eigenvalue weighted by atomic mass is 10.2. The molecule has 1 aliphatic carbocycles. The van der Waals surface area contributed by atoms with E-state index in [9.17, 15) is 9.59 Å². The molecule has 0 aromatic heterocycles. The molecule has 1 aromatic rings. The lowest BCUT2D eigenvalue weighted by molar-refractivity contribution is -0.122. The van der Waals surface area contributed by atoms with Gasteiger partial charge < -0.3 is 10.1 Å². The van der Waals surface area contributed by atoms with E-state index in [1.165, 1.54) is 0 Å². The number of aryl methyl sites for hydroxylation is 1. The Kier molecular flexibility index (Phi) is 4.98. The number of ether oxygens (including phenoxy) is 1. The van der Waals surface area contributed by atoms with Gasteiger partial charge in [-0.25, -0.2) is 4.79 Å². The van der Waals surface area contributed by atoms with Crippen molar-refractivity contribution in [2.24, 2.45) is 0 Å². The van der Waals surface area contributed by atoms with Gasteiger partial charge in [-0.3, -0.25) is 10.1 Å². The molecule has 3 amide bonds. The summed E-state index contributed by atoms with van der Waals surface area (Å²) in [5.74, 6) is 0.179. The van der Waals surface area contributed by atoms with E-state index in [4.69, 9.17) is 4.74 Å². The molecule has 0 aliphatic heterocycles. The van der Waals surface area contributed by atoms with Crippen molar-refractivity contribution < 1.29 is 14.3 Å². The number of imide groups is 1. The molecule has 0 saturated heterocycles. The second-order valence-electron chi connectivity index (χ2n) is 5.11. The van der Waals surface area contributed by atoms with Crippen LogP contribution in [0.1, 0.15) is 31.2 Å². The third kappa shape index (κ3) is 4.57. The summed E-state index contributed by atoms with van der Waals surface area (Å²) in [4.78, 5) is 23.2. The Bertz CT molecular complexity index is 482. The highest BCUT2D eigenvalue weighted by atomic mass is 16.5. The standard InChI is InChI=1S/C15H20N2O3/c1-11-5-4-8-13(9-11)20-10-14(18)17-15(19)16-12-6-2-3-7-12/h4-5,8-9,12H,2-3,6-7,10H2,1H3,(H2,16,17,18,19). The SMILES string of the molecule is Cc1cccc(OCC(=O)NC(=O)NC2CCCC2)c1. The first-order valence-corrected chi connectivity index (χ1v) is 6.93. The quantitative estimate of drug-likeness (QED) is 0.885. The molecule has 1 fully saturated rings. The fourth-order valence-electron chi connectivity index (χ4n) is 2.31. The lowest BCUT2D eigenvalue weighted by Crippen LogP contribution is -2.45. The summed E-state index contributed by atoms with van der Waals surface area (Å²) in [6.07, 6.45) is 4.24. The maximum absolute atomic E-state index is 11.6. The smallest absolute Gasteiger partial charge is 0.321 e. The summed E-state index contributed by atoms with van der Waals surface area (Å²) in [5.41, 5.74) is 1.06. The lowest BCUT2D eigenvalue weighted by Gasteiger charge is -2.12. The monoisotopic (exact) mass is 276 g/mol. The first-order valence-electron chi connectivity index (χ1n) is 6.93. The van der Waals surface area contributed by atoms with Crippen LogP contribution in [0.15, 0.2) is 24.3 Å². The number of carbonyl (C=O) groups is 2. The molecule has 20 heavy (non-hydrogen) atoms. The molecule has 2 N–H and O–H groups in total. The van der Waals surface area contributed by atoms with Crippen LogP contribution in [0, 0.1) is 6.92 Å². The average molecular weight is 276 g/mol. The van der Waals surface area contributed by atoms with E-state index in [1.54, 1.807) is 6.07 Å². The zero-order valence-electron chi connectivity index (χ0n) is 11.6. The number of hydrogen-bond acceptors (Lipinski definition) is 3. The van der Waals surface area contributed by atoms with Crippen LogP contribution in [0.5, 0.6) is 5.75 Å². The summed E-state index contributed by atoms with van der Waals surface area (Å²) < 4.78 is 5.33. The number of urea groups is 1. The number of benzene rings is 1. The van der Waals surface area contributed by atoms with E-state index < -0.39 is 11.9 Å². The predicted molar refractivity (Wildman–Crippen MR) is 75.6 cm³/mol. The van der Waals surface area contributed by atoms with Crippen LogP contribution < -0.4 is 15.4 Å². The molecule has 1 aliphatic rings. The van der Waals surface area contributed by atoms with Crippen molar-refractivity contribution in [1.82, 2.24) is 10.6 Å². The minimum absolute atomic E-state index is 0.165. The second kappa shape index (κ2) is 6.93. The van der Waals surface area contributed by atoms with Crippen molar-refractivity contribution in [2.45, 2.75) is 38.6 Å². The van der Waals surface area contributed by atoms with Gasteiger partial charge >= 0.3 is 6.03 Å². The van der Waals surface area contributed by atoms with Crippen LogP contribution in [-0.4, -0.2) is 24.6 Å². The van der Waals surface area contributed by atoms with E-state index >= 15 is 0 Å². The zero-order valence-corrected chi connectivity index (χ0v) is 11.6. The van der Waals surface area contributed by atoms with Crippen molar-refractivity contribution in [1.29, 1.82) is 0 Å². The Labute approximate surface area is 118 Å². The highest BCUT2D eigenvalue weighted by Crippen LogP contribution is 2.17. The van der Waals surface area contributed by atoms with E-state index in [-0.39, 0.29) is 12.6 Å². The summed E-state index contributed by atoms with van der Waals surface area (Å²) in [7, 11) is 0. The molecule has 5 nitrogen and oxygen atoms in total. The van der Waals surface area contributed by atoms with E-state index in [0.29, 0.717) is 5.75 Å². The predicted octanol–water partition coefficient (Wildman–Crippen LogP) is 2.14. The van der Waals surface area contributed by atoms with Crippen LogP contribution in [0.3, 0.4) is 0 Å². The van der Waals surface area contributed by atoms with E-state index in [1.807, 2.05) is 25.1 Å². The third-order valence-electron chi connectivity index (χ3n) is 3.30. The van der Waals surface area contributed by atoms with Crippen molar-refractivity contribution >= 4 is 11.9 Å². The summed E-state index contributed by atoms with van der Waals surface area (Å²) in [6, 6.07) is 7.18. The summed E-state index contributed by atoms with van der Waals surface area (Å²) in [6.45, 7) is 1.78. The van der Waals surface area contributed by atoms with Gasteiger partial charge in [0, 0.05) is 6.04 Å². The van der Waals surface area contributed by atoms with Gasteiger partial charge in [-0.1, -0.05) is 25.0 Å². The Morgan fingerprint density at radius 1 is 1.30 bits per heavy atom. The zero-order chi connectivity index (χ0) is 14.4. The first-order chi connectivity index (χ1) is 9.63. The number of hydrogen-bond donors (Lipinski definition) is 2. The van der Waals surface area contributed by atoms with Crippen LogP contribution in [-0.2, 0) is 4.79 Å². The average Bonchev–Trinajstić information content (AvgIpc) is 2.89. The maximum atomic E-state index is 11.6. The van der Waals surface area contributed by atoms with E-state index in [0.717, 1.165) is 31.2 Å². The number of rotatable bonds is 4. The fourth-order valence-corrected chi connectivity index (χ4v) is 2.31. The first kappa shape index (κ1) is 14.4. The second-order valence-corrected chi connectivity index (χ2v) is 5.11. The third-order valence-corrected chi connectivity index (χ3v) is 3.30.